The number of nitrogens with two attached hydrogens (primary N) is 2. The van der Waals surface area contributed by atoms with E-state index in [1.165, 1.54) is 103 Å². The molecule has 3 heteroatoms. The van der Waals surface area contributed by atoms with Crippen LogP contribution in [-0.4, -0.2) is 13.1 Å². The van der Waals surface area contributed by atoms with Gasteiger partial charge < -0.3 is 16.2 Å². The lowest BCUT2D eigenvalue weighted by molar-refractivity contribution is 0.397. The van der Waals surface area contributed by atoms with Crippen molar-refractivity contribution in [3.63, 3.8) is 0 Å². The third-order valence-corrected chi connectivity index (χ3v) is 5.00. The maximum atomic E-state index is 5.50. The minimum Gasteiger partial charge on any atom is -0.473 e. The average molecular weight is 381 g/mol. The molecule has 0 saturated heterocycles. The number of hydrogen-bond donors (Lipinski definition) is 2. The summed E-state index contributed by atoms with van der Waals surface area (Å²) in [5.41, 5.74) is 11.0. The molecule has 0 bridgehead atoms. The minimum atomic E-state index is 0.847. The predicted octanol–water partition coefficient (Wildman–Crippen LogP) is 6.97. The van der Waals surface area contributed by atoms with Crippen LogP contribution < -0.4 is 11.5 Å². The predicted molar refractivity (Wildman–Crippen MR) is 121 cm³/mol. The standard InChI is InChI=1S/C24H48N2O/c25-21-17-13-9-5-1-3-7-11-15-19-23-27-24-20-16-12-8-4-2-6-10-14-18-22-26/h19-20,23-24H,1-18,21-22,25-26H2. The highest BCUT2D eigenvalue weighted by Gasteiger charge is 1.92. The fraction of sp³-hybridized carbons (Fsp3) is 0.833. The number of rotatable bonds is 22. The molecule has 0 aliphatic carbocycles. The summed E-state index contributed by atoms with van der Waals surface area (Å²) in [6.45, 7) is 1.69. The van der Waals surface area contributed by atoms with Gasteiger partial charge in [-0.3, -0.25) is 0 Å². The van der Waals surface area contributed by atoms with Crippen molar-refractivity contribution >= 4 is 0 Å². The van der Waals surface area contributed by atoms with Crippen LogP contribution in [0.2, 0.25) is 0 Å². The molecule has 0 unspecified atom stereocenters. The topological polar surface area (TPSA) is 61.3 Å². The van der Waals surface area contributed by atoms with Crippen LogP contribution in [-0.2, 0) is 4.74 Å². The second kappa shape index (κ2) is 25.2. The summed E-state index contributed by atoms with van der Waals surface area (Å²) in [6, 6.07) is 0. The molecule has 0 amide bonds. The number of hydrogen-bond acceptors (Lipinski definition) is 3. The molecule has 160 valence electrons. The van der Waals surface area contributed by atoms with Gasteiger partial charge >= 0.3 is 0 Å². The van der Waals surface area contributed by atoms with Gasteiger partial charge in [0, 0.05) is 0 Å². The van der Waals surface area contributed by atoms with E-state index in [2.05, 4.69) is 12.2 Å². The first-order valence-electron chi connectivity index (χ1n) is 11.8. The van der Waals surface area contributed by atoms with Crippen LogP contribution in [0.25, 0.3) is 0 Å². The van der Waals surface area contributed by atoms with Gasteiger partial charge in [-0.2, -0.15) is 0 Å². The highest BCUT2D eigenvalue weighted by Crippen LogP contribution is 2.10. The Kier molecular flexibility index (Phi) is 24.5. The Morgan fingerprint density at radius 3 is 1.04 bits per heavy atom. The lowest BCUT2D eigenvalue weighted by Crippen LogP contribution is -1.97. The van der Waals surface area contributed by atoms with Crippen molar-refractivity contribution in [3.05, 3.63) is 24.7 Å². The molecule has 0 spiro atoms. The third kappa shape index (κ3) is 25.2. The van der Waals surface area contributed by atoms with Crippen LogP contribution in [0.1, 0.15) is 116 Å². The van der Waals surface area contributed by atoms with E-state index in [9.17, 15) is 0 Å². The molecule has 0 aromatic heterocycles. The van der Waals surface area contributed by atoms with Crippen molar-refractivity contribution in [2.75, 3.05) is 13.1 Å². The number of ether oxygens (including phenoxy) is 1. The van der Waals surface area contributed by atoms with Crippen molar-refractivity contribution in [1.29, 1.82) is 0 Å². The maximum Gasteiger partial charge on any atom is 0.0861 e. The molecule has 0 radical (unpaired) electrons. The highest BCUT2D eigenvalue weighted by molar-refractivity contribution is 4.79. The zero-order valence-corrected chi connectivity index (χ0v) is 18.0. The Balaban J connectivity index is 3.14. The molecule has 0 aliphatic rings. The largest absolute Gasteiger partial charge is 0.473 e. The summed E-state index contributed by atoms with van der Waals surface area (Å²) in [7, 11) is 0. The molecule has 0 rings (SSSR count). The Bertz CT molecular complexity index is 286. The Morgan fingerprint density at radius 2 is 0.704 bits per heavy atom. The van der Waals surface area contributed by atoms with Gasteiger partial charge in [0.1, 0.15) is 0 Å². The van der Waals surface area contributed by atoms with Gasteiger partial charge in [0.25, 0.3) is 0 Å². The first-order chi connectivity index (χ1) is 13.4. The SMILES string of the molecule is NCCCCCCCCCCC=COC=CCCCCCCCCCCN. The normalized spacial score (nSPS) is 11.8. The summed E-state index contributed by atoms with van der Waals surface area (Å²) >= 11 is 0. The molecule has 27 heavy (non-hydrogen) atoms. The van der Waals surface area contributed by atoms with E-state index in [-0.39, 0.29) is 0 Å². The van der Waals surface area contributed by atoms with Crippen molar-refractivity contribution in [2.24, 2.45) is 11.5 Å². The smallest absolute Gasteiger partial charge is 0.0861 e. The monoisotopic (exact) mass is 380 g/mol. The summed E-state index contributed by atoms with van der Waals surface area (Å²) in [6.07, 6.45) is 31.4. The van der Waals surface area contributed by atoms with E-state index >= 15 is 0 Å². The zero-order chi connectivity index (χ0) is 19.7. The van der Waals surface area contributed by atoms with Crippen LogP contribution >= 0.6 is 0 Å². The average Bonchev–Trinajstić information content (AvgIpc) is 2.68. The molecule has 0 atom stereocenters. The van der Waals surface area contributed by atoms with Crippen molar-refractivity contribution in [3.8, 4) is 0 Å². The van der Waals surface area contributed by atoms with E-state index in [4.69, 9.17) is 16.2 Å². The van der Waals surface area contributed by atoms with Crippen LogP contribution in [0.3, 0.4) is 0 Å². The molecular weight excluding hydrogens is 332 g/mol. The molecule has 3 nitrogen and oxygen atoms in total. The van der Waals surface area contributed by atoms with E-state index < -0.39 is 0 Å². The molecule has 0 saturated carbocycles. The van der Waals surface area contributed by atoms with Crippen LogP contribution in [0.4, 0.5) is 0 Å². The molecule has 0 aliphatic heterocycles. The number of unbranched alkanes of at least 4 members (excludes halogenated alkanes) is 16. The minimum absolute atomic E-state index is 0.847. The third-order valence-electron chi connectivity index (χ3n) is 5.00. The van der Waals surface area contributed by atoms with E-state index in [0.29, 0.717) is 0 Å². The summed E-state index contributed by atoms with van der Waals surface area (Å²) in [5, 5.41) is 0. The van der Waals surface area contributed by atoms with Gasteiger partial charge in [0.05, 0.1) is 12.5 Å². The van der Waals surface area contributed by atoms with E-state index in [1.807, 2.05) is 12.5 Å². The zero-order valence-electron chi connectivity index (χ0n) is 18.0. The van der Waals surface area contributed by atoms with Gasteiger partial charge in [-0.1, -0.05) is 77.0 Å². The van der Waals surface area contributed by atoms with Crippen LogP contribution in [0.15, 0.2) is 24.7 Å². The lowest BCUT2D eigenvalue weighted by atomic mass is 10.1. The van der Waals surface area contributed by atoms with Gasteiger partial charge in [-0.15, -0.1) is 0 Å². The summed E-state index contributed by atoms with van der Waals surface area (Å²) < 4.78 is 5.42. The molecular formula is C24H48N2O. The fourth-order valence-corrected chi connectivity index (χ4v) is 3.23. The Hall–Kier alpha value is -0.800. The van der Waals surface area contributed by atoms with E-state index in [0.717, 1.165) is 25.9 Å². The van der Waals surface area contributed by atoms with E-state index in [1.54, 1.807) is 0 Å². The maximum absolute atomic E-state index is 5.50. The van der Waals surface area contributed by atoms with Gasteiger partial charge in [0.2, 0.25) is 0 Å². The van der Waals surface area contributed by atoms with Crippen molar-refractivity contribution in [1.82, 2.24) is 0 Å². The molecule has 0 aromatic carbocycles. The highest BCUT2D eigenvalue weighted by atomic mass is 16.5. The van der Waals surface area contributed by atoms with Crippen LogP contribution in [0, 0.1) is 0 Å². The summed E-state index contributed by atoms with van der Waals surface area (Å²) in [4.78, 5) is 0. The molecule has 0 fully saturated rings. The van der Waals surface area contributed by atoms with Gasteiger partial charge in [0.15, 0.2) is 0 Å². The fourth-order valence-electron chi connectivity index (χ4n) is 3.23. The quantitative estimate of drug-likeness (QED) is 0.157. The first-order valence-corrected chi connectivity index (χ1v) is 11.8. The lowest BCUT2D eigenvalue weighted by Gasteiger charge is -2.00. The molecule has 4 N–H and O–H groups in total. The van der Waals surface area contributed by atoms with Gasteiger partial charge in [-0.05, 0) is 63.8 Å². The molecule has 0 heterocycles. The van der Waals surface area contributed by atoms with Crippen molar-refractivity contribution < 1.29 is 4.74 Å². The van der Waals surface area contributed by atoms with Crippen LogP contribution in [0.5, 0.6) is 0 Å². The summed E-state index contributed by atoms with van der Waals surface area (Å²) in [5.74, 6) is 0. The Morgan fingerprint density at radius 1 is 0.407 bits per heavy atom. The first kappa shape index (κ1) is 26.2. The second-order valence-corrected chi connectivity index (χ2v) is 7.69. The van der Waals surface area contributed by atoms with Gasteiger partial charge in [-0.25, -0.2) is 0 Å². The molecule has 0 aromatic rings. The Labute approximate surface area is 170 Å². The van der Waals surface area contributed by atoms with Crippen molar-refractivity contribution in [2.45, 2.75) is 116 Å². The second-order valence-electron chi connectivity index (χ2n) is 7.69. The number of allylic oxidation sites excluding steroid dienone is 2.